The smallest absolute Gasteiger partial charge is 0.444 e. The molecule has 9 heteroatoms. The molecule has 2 aliphatic heterocycles. The molecule has 2 heterocycles. The van der Waals surface area contributed by atoms with E-state index in [1.807, 2.05) is 27.7 Å². The highest BCUT2D eigenvalue weighted by molar-refractivity contribution is 6.62. The third-order valence-corrected chi connectivity index (χ3v) is 5.89. The van der Waals surface area contributed by atoms with Gasteiger partial charge in [0.1, 0.15) is 11.4 Å². The van der Waals surface area contributed by atoms with Crippen LogP contribution in [0.2, 0.25) is 0 Å². The Hall–Kier alpha value is -2.13. The number of hydrogen-bond acceptors (Lipinski definition) is 5. The second kappa shape index (κ2) is 8.09. The zero-order valence-electron chi connectivity index (χ0n) is 19.4. The van der Waals surface area contributed by atoms with Crippen molar-refractivity contribution in [1.29, 1.82) is 0 Å². The predicted molar refractivity (Wildman–Crippen MR) is 116 cm³/mol. The second-order valence-electron chi connectivity index (χ2n) is 10.2. The molecular weight excluding hydrogens is 402 g/mol. The Bertz CT molecular complexity index is 852. The Labute approximate surface area is 183 Å². The number of ether oxygens (including phenoxy) is 1. The van der Waals surface area contributed by atoms with Gasteiger partial charge in [-0.2, -0.15) is 0 Å². The molecule has 1 N–H and O–H groups in total. The molecule has 2 aliphatic rings. The number of rotatable bonds is 3. The summed E-state index contributed by atoms with van der Waals surface area (Å²) in [6, 6.07) is 3.94. The average Bonchev–Trinajstić information content (AvgIpc) is 3.13. The lowest BCUT2D eigenvalue weighted by Gasteiger charge is -2.32. The third-order valence-electron chi connectivity index (χ3n) is 5.89. The van der Waals surface area contributed by atoms with Gasteiger partial charge < -0.3 is 24.3 Å². The first-order chi connectivity index (χ1) is 14.2. The van der Waals surface area contributed by atoms with Crippen LogP contribution in [0.15, 0.2) is 18.2 Å². The normalized spacial score (nSPS) is 22.5. The highest BCUT2D eigenvalue weighted by Crippen LogP contribution is 2.36. The van der Waals surface area contributed by atoms with Crippen molar-refractivity contribution < 1.29 is 28.0 Å². The molecule has 2 amide bonds. The number of nitrogens with one attached hydrogen (secondary N) is 1. The standard InChI is InChI=1S/C22H32BFN2O5/c1-20(2,3)29-19(28)25-17-8-9-26(13-17)18(27)14-10-15(12-16(24)11-14)23-30-21(4,5)22(6,7)31-23/h10-12,17H,8-9,13H2,1-7H3,(H,25,28)/t17-/m0/s1. The summed E-state index contributed by atoms with van der Waals surface area (Å²) in [4.78, 5) is 26.6. The molecule has 7 nitrogen and oxygen atoms in total. The maximum atomic E-state index is 14.4. The Morgan fingerprint density at radius 2 is 1.77 bits per heavy atom. The summed E-state index contributed by atoms with van der Waals surface area (Å²) in [7, 11) is -0.757. The minimum Gasteiger partial charge on any atom is -0.444 e. The van der Waals surface area contributed by atoms with Gasteiger partial charge in [0.15, 0.2) is 0 Å². The fraction of sp³-hybridized carbons (Fsp3) is 0.636. The van der Waals surface area contributed by atoms with Crippen molar-refractivity contribution >= 4 is 24.6 Å². The molecule has 0 radical (unpaired) electrons. The SMILES string of the molecule is CC(C)(C)OC(=O)N[C@H]1CCN(C(=O)c2cc(F)cc(B3OC(C)(C)C(C)(C)O3)c2)C1. The number of carbonyl (C=O) groups is 2. The van der Waals surface area contributed by atoms with Gasteiger partial charge in [0.05, 0.1) is 17.2 Å². The van der Waals surface area contributed by atoms with Gasteiger partial charge in [-0.1, -0.05) is 0 Å². The van der Waals surface area contributed by atoms with E-state index in [9.17, 15) is 14.0 Å². The zero-order valence-corrected chi connectivity index (χ0v) is 19.4. The van der Waals surface area contributed by atoms with Gasteiger partial charge in [-0.05, 0) is 78.5 Å². The molecule has 0 spiro atoms. The lowest BCUT2D eigenvalue weighted by Crippen LogP contribution is -2.41. The van der Waals surface area contributed by atoms with Gasteiger partial charge in [-0.3, -0.25) is 4.79 Å². The minimum atomic E-state index is -0.757. The molecule has 0 bridgehead atoms. The van der Waals surface area contributed by atoms with E-state index in [-0.39, 0.29) is 17.5 Å². The van der Waals surface area contributed by atoms with E-state index >= 15 is 0 Å². The highest BCUT2D eigenvalue weighted by Gasteiger charge is 2.52. The lowest BCUT2D eigenvalue weighted by molar-refractivity contribution is 0.00578. The monoisotopic (exact) mass is 434 g/mol. The van der Waals surface area contributed by atoms with Crippen molar-refractivity contribution in [1.82, 2.24) is 10.2 Å². The number of hydrogen-bond donors (Lipinski definition) is 1. The van der Waals surface area contributed by atoms with E-state index in [1.165, 1.54) is 12.1 Å². The predicted octanol–water partition coefficient (Wildman–Crippen LogP) is 2.86. The number of halogens is 1. The minimum absolute atomic E-state index is 0.213. The van der Waals surface area contributed by atoms with Crippen molar-refractivity contribution in [2.24, 2.45) is 0 Å². The average molecular weight is 434 g/mol. The van der Waals surface area contributed by atoms with Crippen LogP contribution in [0.5, 0.6) is 0 Å². The van der Waals surface area contributed by atoms with Gasteiger partial charge in [0.2, 0.25) is 0 Å². The van der Waals surface area contributed by atoms with E-state index in [4.69, 9.17) is 14.0 Å². The number of amides is 2. The number of nitrogens with zero attached hydrogens (tertiary/aromatic N) is 1. The van der Waals surface area contributed by atoms with Crippen molar-refractivity contribution in [2.45, 2.75) is 77.7 Å². The fourth-order valence-electron chi connectivity index (χ4n) is 3.57. The van der Waals surface area contributed by atoms with Crippen LogP contribution < -0.4 is 10.8 Å². The van der Waals surface area contributed by atoms with Crippen LogP contribution in [-0.4, -0.2) is 60.0 Å². The largest absolute Gasteiger partial charge is 0.494 e. The molecule has 1 atom stereocenters. The Morgan fingerprint density at radius 3 is 2.35 bits per heavy atom. The Kier molecular flexibility index (Phi) is 6.14. The van der Waals surface area contributed by atoms with Crippen LogP contribution in [0.4, 0.5) is 9.18 Å². The van der Waals surface area contributed by atoms with E-state index in [2.05, 4.69) is 5.32 Å². The first-order valence-electron chi connectivity index (χ1n) is 10.6. The number of carbonyl (C=O) groups excluding carboxylic acids is 2. The van der Waals surface area contributed by atoms with Crippen LogP contribution in [0.25, 0.3) is 0 Å². The Morgan fingerprint density at radius 1 is 1.16 bits per heavy atom. The molecule has 0 aliphatic carbocycles. The van der Waals surface area contributed by atoms with Crippen LogP contribution in [0.3, 0.4) is 0 Å². The summed E-state index contributed by atoms with van der Waals surface area (Å²) >= 11 is 0. The van der Waals surface area contributed by atoms with E-state index in [0.29, 0.717) is 25.0 Å². The summed E-state index contributed by atoms with van der Waals surface area (Å²) in [5.74, 6) is -0.830. The van der Waals surface area contributed by atoms with Crippen molar-refractivity contribution in [2.75, 3.05) is 13.1 Å². The van der Waals surface area contributed by atoms with E-state index in [0.717, 1.165) is 0 Å². The first-order valence-corrected chi connectivity index (χ1v) is 10.6. The third kappa shape index (κ3) is 5.38. The molecule has 2 saturated heterocycles. The second-order valence-corrected chi connectivity index (χ2v) is 10.2. The maximum Gasteiger partial charge on any atom is 0.494 e. The van der Waals surface area contributed by atoms with Crippen molar-refractivity contribution in [3.05, 3.63) is 29.6 Å². The maximum absolute atomic E-state index is 14.4. The number of likely N-dealkylation sites (tertiary alicyclic amines) is 1. The molecule has 1 aromatic carbocycles. The molecule has 0 aromatic heterocycles. The van der Waals surface area contributed by atoms with Gasteiger partial charge >= 0.3 is 13.2 Å². The van der Waals surface area contributed by atoms with Gasteiger partial charge in [-0.15, -0.1) is 0 Å². The molecule has 0 saturated carbocycles. The number of benzene rings is 1. The van der Waals surface area contributed by atoms with Crippen molar-refractivity contribution in [3.8, 4) is 0 Å². The van der Waals surface area contributed by atoms with E-state index in [1.54, 1.807) is 31.7 Å². The van der Waals surface area contributed by atoms with Gasteiger partial charge in [0, 0.05) is 18.7 Å². The van der Waals surface area contributed by atoms with E-state index < -0.39 is 35.8 Å². The molecule has 170 valence electrons. The molecular formula is C22H32BFN2O5. The van der Waals surface area contributed by atoms with Crippen LogP contribution in [0, 0.1) is 5.82 Å². The summed E-state index contributed by atoms with van der Waals surface area (Å²) in [6.07, 6.45) is 0.0882. The number of alkyl carbamates (subject to hydrolysis) is 1. The zero-order chi connectivity index (χ0) is 23.2. The first kappa shape index (κ1) is 23.5. The summed E-state index contributed by atoms with van der Waals surface area (Å²) in [5, 5.41) is 2.79. The molecule has 31 heavy (non-hydrogen) atoms. The lowest BCUT2D eigenvalue weighted by atomic mass is 9.78. The summed E-state index contributed by atoms with van der Waals surface area (Å²) in [6.45, 7) is 13.8. The Balaban J connectivity index is 1.68. The molecule has 2 fully saturated rings. The quantitative estimate of drug-likeness (QED) is 0.741. The van der Waals surface area contributed by atoms with Crippen LogP contribution in [0.1, 0.15) is 65.2 Å². The van der Waals surface area contributed by atoms with Crippen LogP contribution in [-0.2, 0) is 14.0 Å². The van der Waals surface area contributed by atoms with Crippen molar-refractivity contribution in [3.63, 3.8) is 0 Å². The topological polar surface area (TPSA) is 77.1 Å². The summed E-state index contributed by atoms with van der Waals surface area (Å²) < 4.78 is 31.6. The van der Waals surface area contributed by atoms with Gasteiger partial charge in [-0.25, -0.2) is 9.18 Å². The highest BCUT2D eigenvalue weighted by atomic mass is 19.1. The molecule has 3 rings (SSSR count). The summed E-state index contributed by atoms with van der Waals surface area (Å²) in [5.41, 5.74) is -1.04. The molecule has 0 unspecified atom stereocenters. The molecule has 1 aromatic rings. The van der Waals surface area contributed by atoms with Crippen LogP contribution >= 0.6 is 0 Å². The van der Waals surface area contributed by atoms with Gasteiger partial charge in [0.25, 0.3) is 5.91 Å². The fourth-order valence-corrected chi connectivity index (χ4v) is 3.57.